The van der Waals surface area contributed by atoms with E-state index in [-0.39, 0.29) is 10.7 Å². The smallest absolute Gasteiger partial charge is 0.272 e. The van der Waals surface area contributed by atoms with E-state index in [4.69, 9.17) is 11.6 Å². The number of benzene rings is 2. The lowest BCUT2D eigenvalue weighted by Gasteiger charge is -2.11. The van der Waals surface area contributed by atoms with Gasteiger partial charge in [-0.15, -0.1) is 0 Å². The van der Waals surface area contributed by atoms with Gasteiger partial charge in [0.25, 0.3) is 5.69 Å². The summed E-state index contributed by atoms with van der Waals surface area (Å²) in [6, 6.07) is 7.78. The van der Waals surface area contributed by atoms with Crippen molar-refractivity contribution in [1.82, 2.24) is 0 Å². The predicted molar refractivity (Wildman–Crippen MR) is 81.3 cm³/mol. The van der Waals surface area contributed by atoms with Crippen molar-refractivity contribution in [2.24, 2.45) is 0 Å². The summed E-state index contributed by atoms with van der Waals surface area (Å²) < 4.78 is 13.1. The van der Waals surface area contributed by atoms with Gasteiger partial charge in [-0.2, -0.15) is 0 Å². The Morgan fingerprint density at radius 2 is 1.95 bits per heavy atom. The molecule has 6 heteroatoms. The third-order valence-electron chi connectivity index (χ3n) is 3.21. The highest BCUT2D eigenvalue weighted by Crippen LogP contribution is 2.26. The molecule has 1 N–H and O–H groups in total. The maximum atomic E-state index is 13.1. The average Bonchev–Trinajstić information content (AvgIpc) is 2.42. The molecular weight excluding hydrogens is 295 g/mol. The van der Waals surface area contributed by atoms with Gasteiger partial charge in [-0.3, -0.25) is 10.1 Å². The average molecular weight is 309 g/mol. The van der Waals surface area contributed by atoms with Crippen LogP contribution in [0.2, 0.25) is 5.02 Å². The second kappa shape index (κ2) is 6.10. The van der Waals surface area contributed by atoms with Crippen molar-refractivity contribution in [3.8, 4) is 0 Å². The summed E-state index contributed by atoms with van der Waals surface area (Å²) in [6.07, 6.45) is 0. The fraction of sp³-hybridized carbons (Fsp3) is 0.200. The first-order valence-electron chi connectivity index (χ1n) is 6.32. The van der Waals surface area contributed by atoms with Crippen LogP contribution in [0.25, 0.3) is 0 Å². The van der Waals surface area contributed by atoms with Crippen molar-refractivity contribution < 1.29 is 9.31 Å². The Morgan fingerprint density at radius 3 is 2.57 bits per heavy atom. The lowest BCUT2D eigenvalue weighted by Crippen LogP contribution is -2.03. The Hall–Kier alpha value is -2.14. The van der Waals surface area contributed by atoms with Crippen molar-refractivity contribution in [2.45, 2.75) is 20.4 Å². The normalized spacial score (nSPS) is 10.5. The van der Waals surface area contributed by atoms with Gasteiger partial charge in [0, 0.05) is 23.9 Å². The first-order valence-corrected chi connectivity index (χ1v) is 6.69. The molecule has 0 radical (unpaired) electrons. The fourth-order valence-electron chi connectivity index (χ4n) is 2.03. The van der Waals surface area contributed by atoms with Crippen molar-refractivity contribution in [1.29, 1.82) is 0 Å². The number of nitrogens with zero attached hydrogens (tertiary/aromatic N) is 1. The summed E-state index contributed by atoms with van der Waals surface area (Å²) in [5.41, 5.74) is 3.10. The molecule has 0 aliphatic rings. The molecule has 0 aromatic heterocycles. The van der Waals surface area contributed by atoms with Crippen LogP contribution >= 0.6 is 11.6 Å². The van der Waals surface area contributed by atoms with Gasteiger partial charge < -0.3 is 5.32 Å². The van der Waals surface area contributed by atoms with E-state index in [1.165, 1.54) is 12.1 Å². The first kappa shape index (κ1) is 15.3. The van der Waals surface area contributed by atoms with Crippen LogP contribution in [-0.4, -0.2) is 4.92 Å². The summed E-state index contributed by atoms with van der Waals surface area (Å²) in [4.78, 5) is 10.5. The predicted octanol–water partition coefficient (Wildman–Crippen LogP) is 4.62. The zero-order valence-electron chi connectivity index (χ0n) is 11.6. The van der Waals surface area contributed by atoms with Crippen LogP contribution < -0.4 is 5.32 Å². The molecule has 0 aliphatic carbocycles. The molecule has 0 heterocycles. The third-order valence-corrected chi connectivity index (χ3v) is 3.50. The van der Waals surface area contributed by atoms with Crippen molar-refractivity contribution in [3.63, 3.8) is 0 Å². The van der Waals surface area contributed by atoms with Crippen LogP contribution in [0, 0.1) is 29.8 Å². The van der Waals surface area contributed by atoms with Crippen LogP contribution in [0.15, 0.2) is 30.3 Å². The van der Waals surface area contributed by atoms with E-state index >= 15 is 0 Å². The van der Waals surface area contributed by atoms with Gasteiger partial charge in [-0.1, -0.05) is 17.7 Å². The van der Waals surface area contributed by atoms with E-state index in [0.29, 0.717) is 12.1 Å². The van der Waals surface area contributed by atoms with E-state index < -0.39 is 10.7 Å². The molecule has 0 spiro atoms. The number of nitro groups is 1. The number of aryl methyl sites for hydroxylation is 2. The van der Waals surface area contributed by atoms with Gasteiger partial charge in [0.2, 0.25) is 0 Å². The van der Waals surface area contributed by atoms with Gasteiger partial charge in [-0.05, 0) is 43.2 Å². The standard InChI is InChI=1S/C15H14ClFN2O2/c1-9-6-15(19(20)21)10(2)5-14(9)18-8-11-3-4-13(17)12(16)7-11/h3-7,18H,8H2,1-2H3. The van der Waals surface area contributed by atoms with Crippen LogP contribution in [0.5, 0.6) is 0 Å². The number of anilines is 1. The molecule has 21 heavy (non-hydrogen) atoms. The molecule has 0 atom stereocenters. The van der Waals surface area contributed by atoms with Crippen molar-refractivity contribution in [2.75, 3.05) is 5.32 Å². The molecule has 2 aromatic rings. The molecule has 0 bridgehead atoms. The first-order chi connectivity index (χ1) is 9.88. The van der Waals surface area contributed by atoms with Crippen LogP contribution in [0.3, 0.4) is 0 Å². The van der Waals surface area contributed by atoms with E-state index in [9.17, 15) is 14.5 Å². The van der Waals surface area contributed by atoms with E-state index in [1.807, 2.05) is 0 Å². The quantitative estimate of drug-likeness (QED) is 0.662. The number of hydrogen-bond donors (Lipinski definition) is 1. The lowest BCUT2D eigenvalue weighted by molar-refractivity contribution is -0.385. The van der Waals surface area contributed by atoms with Crippen molar-refractivity contribution >= 4 is 23.0 Å². The number of hydrogen-bond acceptors (Lipinski definition) is 3. The molecular formula is C15H14ClFN2O2. The largest absolute Gasteiger partial charge is 0.381 e. The second-order valence-electron chi connectivity index (χ2n) is 4.81. The highest BCUT2D eigenvalue weighted by atomic mass is 35.5. The van der Waals surface area contributed by atoms with Crippen LogP contribution in [0.4, 0.5) is 15.8 Å². The van der Waals surface area contributed by atoms with E-state index in [1.54, 1.807) is 32.0 Å². The molecule has 0 fully saturated rings. The summed E-state index contributed by atoms with van der Waals surface area (Å²) in [6.45, 7) is 3.95. The Balaban J connectivity index is 2.18. The third kappa shape index (κ3) is 3.49. The maximum absolute atomic E-state index is 13.1. The van der Waals surface area contributed by atoms with Gasteiger partial charge in [0.1, 0.15) is 5.82 Å². The number of nitrogens with one attached hydrogen (secondary N) is 1. The molecule has 0 saturated heterocycles. The van der Waals surface area contributed by atoms with E-state index in [0.717, 1.165) is 16.8 Å². The molecule has 4 nitrogen and oxygen atoms in total. The molecule has 110 valence electrons. The Labute approximate surface area is 126 Å². The molecule has 0 aliphatic heterocycles. The van der Waals surface area contributed by atoms with Gasteiger partial charge in [0.05, 0.1) is 9.95 Å². The summed E-state index contributed by atoms with van der Waals surface area (Å²) in [5.74, 6) is -0.456. The van der Waals surface area contributed by atoms with Crippen LogP contribution in [-0.2, 0) is 6.54 Å². The summed E-state index contributed by atoms with van der Waals surface area (Å²) >= 11 is 5.73. The zero-order valence-corrected chi connectivity index (χ0v) is 12.4. The van der Waals surface area contributed by atoms with Gasteiger partial charge in [0.15, 0.2) is 0 Å². The molecule has 0 saturated carbocycles. The zero-order chi connectivity index (χ0) is 15.6. The highest BCUT2D eigenvalue weighted by Gasteiger charge is 2.13. The maximum Gasteiger partial charge on any atom is 0.272 e. The number of halogens is 2. The monoisotopic (exact) mass is 308 g/mol. The molecule has 0 unspecified atom stereocenters. The summed E-state index contributed by atoms with van der Waals surface area (Å²) in [7, 11) is 0. The molecule has 2 aromatic carbocycles. The van der Waals surface area contributed by atoms with Crippen molar-refractivity contribution in [3.05, 3.63) is 68.0 Å². The second-order valence-corrected chi connectivity index (χ2v) is 5.22. The summed E-state index contributed by atoms with van der Waals surface area (Å²) in [5, 5.41) is 14.1. The van der Waals surface area contributed by atoms with Crippen LogP contribution in [0.1, 0.15) is 16.7 Å². The minimum atomic E-state index is -0.456. The molecule has 2 rings (SSSR count). The minimum absolute atomic E-state index is 0.0749. The Morgan fingerprint density at radius 1 is 1.24 bits per heavy atom. The van der Waals surface area contributed by atoms with E-state index in [2.05, 4.69) is 5.32 Å². The Bertz CT molecular complexity index is 704. The fourth-order valence-corrected chi connectivity index (χ4v) is 2.24. The number of rotatable bonds is 4. The topological polar surface area (TPSA) is 55.2 Å². The minimum Gasteiger partial charge on any atom is -0.381 e. The van der Waals surface area contributed by atoms with Gasteiger partial charge >= 0.3 is 0 Å². The molecule has 0 amide bonds. The van der Waals surface area contributed by atoms with Gasteiger partial charge in [-0.25, -0.2) is 4.39 Å². The highest BCUT2D eigenvalue weighted by molar-refractivity contribution is 6.30. The lowest BCUT2D eigenvalue weighted by atomic mass is 10.1. The number of nitro benzene ring substituents is 1. The Kier molecular flexibility index (Phi) is 4.43. The SMILES string of the molecule is Cc1cc([N+](=O)[O-])c(C)cc1NCc1ccc(F)c(Cl)c1.